The largest absolute Gasteiger partial charge is 0.508 e. The van der Waals surface area contributed by atoms with Crippen LogP contribution < -0.4 is 10.2 Å². The van der Waals surface area contributed by atoms with Gasteiger partial charge in [-0.15, -0.1) is 0 Å². The Balaban J connectivity index is 1.97. The van der Waals surface area contributed by atoms with Gasteiger partial charge in [-0.25, -0.2) is 0 Å². The van der Waals surface area contributed by atoms with Crippen LogP contribution in [0.5, 0.6) is 5.75 Å². The molecule has 0 spiro atoms. The maximum absolute atomic E-state index is 9.73. The van der Waals surface area contributed by atoms with E-state index in [1.807, 2.05) is 42.5 Å². The SMILES string of the molecule is Oc1ccc2c(c1)Nc1ccccc1N2c1ccccc1. The molecule has 21 heavy (non-hydrogen) atoms. The second kappa shape index (κ2) is 4.56. The van der Waals surface area contributed by atoms with Crippen LogP contribution in [0.25, 0.3) is 0 Å². The van der Waals surface area contributed by atoms with E-state index in [-0.39, 0.29) is 5.75 Å². The standard InChI is InChI=1S/C18H14N2O/c21-14-10-11-18-16(12-14)19-15-8-4-5-9-17(15)20(18)13-6-2-1-3-7-13/h1-12,19,21H. The monoisotopic (exact) mass is 274 g/mol. The molecule has 0 saturated carbocycles. The van der Waals surface area contributed by atoms with Gasteiger partial charge in [0.15, 0.2) is 0 Å². The van der Waals surface area contributed by atoms with E-state index in [4.69, 9.17) is 0 Å². The fourth-order valence-corrected chi connectivity index (χ4v) is 2.72. The lowest BCUT2D eigenvalue weighted by Gasteiger charge is -2.33. The lowest BCUT2D eigenvalue weighted by molar-refractivity contribution is 0.475. The minimum Gasteiger partial charge on any atom is -0.508 e. The van der Waals surface area contributed by atoms with Crippen LogP contribution in [0.15, 0.2) is 72.8 Å². The van der Waals surface area contributed by atoms with Crippen molar-refractivity contribution in [1.82, 2.24) is 0 Å². The Morgan fingerprint density at radius 3 is 2.29 bits per heavy atom. The number of hydrogen-bond donors (Lipinski definition) is 2. The summed E-state index contributed by atoms with van der Waals surface area (Å²) in [5.74, 6) is 0.258. The van der Waals surface area contributed by atoms with Crippen molar-refractivity contribution in [2.45, 2.75) is 0 Å². The quantitative estimate of drug-likeness (QED) is 0.517. The molecule has 0 fully saturated rings. The van der Waals surface area contributed by atoms with Gasteiger partial charge in [-0.05, 0) is 36.4 Å². The lowest BCUT2D eigenvalue weighted by Crippen LogP contribution is -2.17. The van der Waals surface area contributed by atoms with Crippen LogP contribution in [0.2, 0.25) is 0 Å². The summed E-state index contributed by atoms with van der Waals surface area (Å²) in [5, 5.41) is 13.1. The maximum Gasteiger partial charge on any atom is 0.117 e. The van der Waals surface area contributed by atoms with Gasteiger partial charge in [-0.1, -0.05) is 30.3 Å². The summed E-state index contributed by atoms with van der Waals surface area (Å²) in [4.78, 5) is 2.20. The molecule has 0 saturated heterocycles. The van der Waals surface area contributed by atoms with Gasteiger partial charge in [0.05, 0.1) is 22.7 Å². The van der Waals surface area contributed by atoms with Crippen LogP contribution in [0.3, 0.4) is 0 Å². The van der Waals surface area contributed by atoms with Crippen molar-refractivity contribution in [3.8, 4) is 5.75 Å². The fourth-order valence-electron chi connectivity index (χ4n) is 2.72. The number of fused-ring (bicyclic) bond motifs is 2. The molecular weight excluding hydrogens is 260 g/mol. The molecule has 0 atom stereocenters. The molecule has 2 N–H and O–H groups in total. The molecule has 1 aliphatic heterocycles. The van der Waals surface area contributed by atoms with Gasteiger partial charge >= 0.3 is 0 Å². The Morgan fingerprint density at radius 1 is 0.714 bits per heavy atom. The third kappa shape index (κ3) is 1.91. The van der Waals surface area contributed by atoms with E-state index in [0.29, 0.717) is 0 Å². The van der Waals surface area contributed by atoms with Crippen molar-refractivity contribution < 1.29 is 5.11 Å². The third-order valence-electron chi connectivity index (χ3n) is 3.65. The van der Waals surface area contributed by atoms with Gasteiger partial charge in [0.2, 0.25) is 0 Å². The van der Waals surface area contributed by atoms with Crippen LogP contribution >= 0.6 is 0 Å². The molecule has 1 aliphatic rings. The molecule has 102 valence electrons. The Hall–Kier alpha value is -2.94. The van der Waals surface area contributed by atoms with E-state index in [0.717, 1.165) is 28.4 Å². The summed E-state index contributed by atoms with van der Waals surface area (Å²) < 4.78 is 0. The van der Waals surface area contributed by atoms with E-state index < -0.39 is 0 Å². The number of phenolic OH excluding ortho intramolecular Hbond substituents is 1. The summed E-state index contributed by atoms with van der Waals surface area (Å²) in [6.45, 7) is 0. The molecule has 4 rings (SSSR count). The third-order valence-corrected chi connectivity index (χ3v) is 3.65. The number of aromatic hydroxyl groups is 1. The van der Waals surface area contributed by atoms with Crippen molar-refractivity contribution in [1.29, 1.82) is 0 Å². The van der Waals surface area contributed by atoms with E-state index in [1.165, 1.54) is 0 Å². The number of phenols is 1. The summed E-state index contributed by atoms with van der Waals surface area (Å²) in [5.41, 5.74) is 5.15. The summed E-state index contributed by atoms with van der Waals surface area (Å²) in [6, 6.07) is 23.8. The van der Waals surface area contributed by atoms with Gasteiger partial charge in [0, 0.05) is 11.8 Å². The fraction of sp³-hybridized carbons (Fsp3) is 0. The van der Waals surface area contributed by atoms with Crippen LogP contribution in [-0.4, -0.2) is 5.11 Å². The maximum atomic E-state index is 9.73. The van der Waals surface area contributed by atoms with Gasteiger partial charge in [0.25, 0.3) is 0 Å². The number of nitrogens with one attached hydrogen (secondary N) is 1. The number of benzene rings is 3. The highest BCUT2D eigenvalue weighted by atomic mass is 16.3. The molecule has 3 aromatic carbocycles. The number of hydrogen-bond acceptors (Lipinski definition) is 3. The van der Waals surface area contributed by atoms with Crippen molar-refractivity contribution in [2.24, 2.45) is 0 Å². The van der Waals surface area contributed by atoms with Gasteiger partial charge < -0.3 is 15.3 Å². The van der Waals surface area contributed by atoms with Crippen molar-refractivity contribution in [3.05, 3.63) is 72.8 Å². The molecule has 1 heterocycles. The topological polar surface area (TPSA) is 35.5 Å². The first-order valence-electron chi connectivity index (χ1n) is 6.87. The normalized spacial score (nSPS) is 12.3. The molecule has 3 nitrogen and oxygen atoms in total. The minimum absolute atomic E-state index is 0.258. The Morgan fingerprint density at radius 2 is 1.43 bits per heavy atom. The number of para-hydroxylation sites is 3. The molecule has 0 amide bonds. The average molecular weight is 274 g/mol. The first-order valence-corrected chi connectivity index (χ1v) is 6.87. The van der Waals surface area contributed by atoms with Crippen LogP contribution in [-0.2, 0) is 0 Å². The summed E-state index contributed by atoms with van der Waals surface area (Å²) >= 11 is 0. The van der Waals surface area contributed by atoms with Gasteiger partial charge in [-0.3, -0.25) is 0 Å². The average Bonchev–Trinajstić information content (AvgIpc) is 2.53. The zero-order chi connectivity index (χ0) is 14.2. The smallest absolute Gasteiger partial charge is 0.117 e. The second-order valence-electron chi connectivity index (χ2n) is 5.01. The van der Waals surface area contributed by atoms with Crippen LogP contribution in [0, 0.1) is 0 Å². The Labute approximate surface area is 123 Å². The molecule has 0 unspecified atom stereocenters. The highest BCUT2D eigenvalue weighted by Crippen LogP contribution is 2.48. The Bertz CT molecular complexity index is 799. The van der Waals surface area contributed by atoms with Crippen molar-refractivity contribution in [3.63, 3.8) is 0 Å². The second-order valence-corrected chi connectivity index (χ2v) is 5.01. The molecule has 0 aliphatic carbocycles. The summed E-state index contributed by atoms with van der Waals surface area (Å²) in [7, 11) is 0. The highest BCUT2D eigenvalue weighted by Gasteiger charge is 2.23. The number of rotatable bonds is 1. The molecule has 0 radical (unpaired) electrons. The predicted molar refractivity (Wildman–Crippen MR) is 86.1 cm³/mol. The van der Waals surface area contributed by atoms with Gasteiger partial charge in [-0.2, -0.15) is 0 Å². The predicted octanol–water partition coefficient (Wildman–Crippen LogP) is 4.92. The zero-order valence-corrected chi connectivity index (χ0v) is 11.3. The highest BCUT2D eigenvalue weighted by molar-refractivity contribution is 5.96. The molecular formula is C18H14N2O. The molecule has 3 heteroatoms. The number of anilines is 5. The van der Waals surface area contributed by atoms with Crippen molar-refractivity contribution in [2.75, 3.05) is 10.2 Å². The lowest BCUT2D eigenvalue weighted by atomic mass is 10.1. The number of nitrogens with zero attached hydrogens (tertiary/aromatic N) is 1. The van der Waals surface area contributed by atoms with Gasteiger partial charge in [0.1, 0.15) is 5.75 Å². The molecule has 0 aromatic heterocycles. The van der Waals surface area contributed by atoms with E-state index >= 15 is 0 Å². The van der Waals surface area contributed by atoms with Crippen molar-refractivity contribution >= 4 is 28.4 Å². The van der Waals surface area contributed by atoms with E-state index in [2.05, 4.69) is 28.4 Å². The molecule has 3 aromatic rings. The molecule has 0 bridgehead atoms. The zero-order valence-electron chi connectivity index (χ0n) is 11.3. The Kier molecular flexibility index (Phi) is 2.57. The van der Waals surface area contributed by atoms with E-state index in [1.54, 1.807) is 12.1 Å². The first-order chi connectivity index (χ1) is 10.3. The minimum atomic E-state index is 0.258. The van der Waals surface area contributed by atoms with E-state index in [9.17, 15) is 5.11 Å². The summed E-state index contributed by atoms with van der Waals surface area (Å²) in [6.07, 6.45) is 0. The van der Waals surface area contributed by atoms with Crippen LogP contribution in [0.1, 0.15) is 0 Å². The van der Waals surface area contributed by atoms with Crippen LogP contribution in [0.4, 0.5) is 28.4 Å². The first kappa shape index (κ1) is 11.9.